The molecule has 4 nitrogen and oxygen atoms in total. The van der Waals surface area contributed by atoms with E-state index in [2.05, 4.69) is 50.6 Å². The van der Waals surface area contributed by atoms with Crippen LogP contribution in [0.2, 0.25) is 23.2 Å². The van der Waals surface area contributed by atoms with Crippen molar-refractivity contribution in [3.63, 3.8) is 0 Å². The van der Waals surface area contributed by atoms with E-state index in [9.17, 15) is 9.59 Å². The number of carbonyl (C=O) groups is 2. The summed E-state index contributed by atoms with van der Waals surface area (Å²) in [6.45, 7) is 10.9. The maximum atomic E-state index is 12.2. The lowest BCUT2D eigenvalue weighted by Crippen LogP contribution is -2.44. The molecule has 0 saturated heterocycles. The van der Waals surface area contributed by atoms with Crippen LogP contribution in [-0.4, -0.2) is 25.9 Å². The van der Waals surface area contributed by atoms with Crippen LogP contribution in [-0.2, 0) is 4.79 Å². The van der Waals surface area contributed by atoms with E-state index in [1.54, 1.807) is 24.3 Å². The van der Waals surface area contributed by atoms with Gasteiger partial charge in [0.1, 0.15) is 14.1 Å². The Labute approximate surface area is 150 Å². The van der Waals surface area contributed by atoms with Gasteiger partial charge in [-0.1, -0.05) is 45.5 Å². The van der Waals surface area contributed by atoms with E-state index in [0.29, 0.717) is 10.6 Å². The number of carbonyl (C=O) groups excluding carboxylic acids is 2. The molecule has 24 heavy (non-hydrogen) atoms. The third kappa shape index (κ3) is 5.70. The van der Waals surface area contributed by atoms with E-state index in [1.807, 2.05) is 0 Å². The smallest absolute Gasteiger partial charge is 0.251 e. The molecular formula is C18H25ClN2O2Si. The van der Waals surface area contributed by atoms with Gasteiger partial charge in [0.05, 0.1) is 0 Å². The standard InChI is InChI=1S/C18H25ClN2O2Si/c1-18(2,3)24(4,5)12-6-7-15(16(20)22)21-17(23)13-8-10-14(19)11-9-13/h8-11,15H,7H2,1-5H3,(H2,20,22)(H,21,23)/t15-/m1/s1. The highest BCUT2D eigenvalue weighted by Crippen LogP contribution is 2.35. The Morgan fingerprint density at radius 2 is 1.79 bits per heavy atom. The zero-order chi connectivity index (χ0) is 18.5. The topological polar surface area (TPSA) is 72.2 Å². The lowest BCUT2D eigenvalue weighted by Gasteiger charge is -2.31. The number of primary amides is 1. The van der Waals surface area contributed by atoms with Crippen molar-refractivity contribution in [2.75, 3.05) is 0 Å². The van der Waals surface area contributed by atoms with Gasteiger partial charge >= 0.3 is 0 Å². The van der Waals surface area contributed by atoms with Gasteiger partial charge in [-0.3, -0.25) is 9.59 Å². The molecule has 0 radical (unpaired) electrons. The van der Waals surface area contributed by atoms with Crippen LogP contribution in [0.5, 0.6) is 0 Å². The summed E-state index contributed by atoms with van der Waals surface area (Å²) in [7, 11) is -1.76. The van der Waals surface area contributed by atoms with Gasteiger partial charge in [-0.2, -0.15) is 0 Å². The molecule has 130 valence electrons. The maximum absolute atomic E-state index is 12.2. The first-order valence-electron chi connectivity index (χ1n) is 7.80. The predicted molar refractivity (Wildman–Crippen MR) is 101 cm³/mol. The molecule has 0 aromatic heterocycles. The second kappa shape index (κ2) is 7.87. The quantitative estimate of drug-likeness (QED) is 0.635. The molecule has 0 fully saturated rings. The van der Waals surface area contributed by atoms with Gasteiger partial charge in [0.2, 0.25) is 5.91 Å². The summed E-state index contributed by atoms with van der Waals surface area (Å²) in [5.74, 6) is 2.09. The minimum Gasteiger partial charge on any atom is -0.368 e. The molecule has 0 heterocycles. The normalized spacial score (nSPS) is 12.8. The molecule has 0 bridgehead atoms. The maximum Gasteiger partial charge on any atom is 0.251 e. The van der Waals surface area contributed by atoms with Crippen molar-refractivity contribution in [2.24, 2.45) is 5.73 Å². The second-order valence-electron chi connectivity index (χ2n) is 7.32. The largest absolute Gasteiger partial charge is 0.368 e. The predicted octanol–water partition coefficient (Wildman–Crippen LogP) is 3.36. The molecular weight excluding hydrogens is 340 g/mol. The van der Waals surface area contributed by atoms with Gasteiger partial charge in [-0.25, -0.2) is 0 Å². The summed E-state index contributed by atoms with van der Waals surface area (Å²) in [4.78, 5) is 23.8. The van der Waals surface area contributed by atoms with Crippen LogP contribution in [0.4, 0.5) is 0 Å². The van der Waals surface area contributed by atoms with Crippen molar-refractivity contribution in [3.05, 3.63) is 34.9 Å². The molecule has 0 unspecified atom stereocenters. The molecule has 1 aromatic rings. The summed E-state index contributed by atoms with van der Waals surface area (Å²) < 4.78 is 0. The summed E-state index contributed by atoms with van der Waals surface area (Å²) in [5, 5.41) is 3.31. The molecule has 1 aromatic carbocycles. The summed E-state index contributed by atoms with van der Waals surface area (Å²) in [5.41, 5.74) is 9.13. The molecule has 1 atom stereocenters. The number of amides is 2. The fourth-order valence-corrected chi connectivity index (χ4v) is 2.67. The number of nitrogens with two attached hydrogens (primary N) is 1. The second-order valence-corrected chi connectivity index (χ2v) is 12.8. The molecule has 2 amide bonds. The molecule has 1 rings (SSSR count). The molecule has 0 aliphatic carbocycles. The number of rotatable bonds is 4. The van der Waals surface area contributed by atoms with Crippen molar-refractivity contribution in [3.8, 4) is 11.5 Å². The van der Waals surface area contributed by atoms with Crippen LogP contribution in [0.1, 0.15) is 37.6 Å². The van der Waals surface area contributed by atoms with Crippen LogP contribution >= 0.6 is 11.6 Å². The van der Waals surface area contributed by atoms with Gasteiger partial charge in [-0.05, 0) is 29.3 Å². The number of hydrogen-bond donors (Lipinski definition) is 2. The number of hydrogen-bond acceptors (Lipinski definition) is 2. The van der Waals surface area contributed by atoms with Crippen LogP contribution in [0.25, 0.3) is 0 Å². The minimum atomic E-state index is -1.76. The van der Waals surface area contributed by atoms with Gasteiger partial charge in [0.15, 0.2) is 0 Å². The molecule has 0 saturated carbocycles. The van der Waals surface area contributed by atoms with E-state index >= 15 is 0 Å². The van der Waals surface area contributed by atoms with Crippen LogP contribution in [0.3, 0.4) is 0 Å². The summed E-state index contributed by atoms with van der Waals surface area (Å²) >= 11 is 5.80. The molecule has 3 N–H and O–H groups in total. The van der Waals surface area contributed by atoms with Crippen molar-refractivity contribution < 1.29 is 9.59 Å². The first-order chi connectivity index (χ1) is 10.9. The Bertz CT molecular complexity index is 667. The highest BCUT2D eigenvalue weighted by atomic mass is 35.5. The molecule has 0 spiro atoms. The summed E-state index contributed by atoms with van der Waals surface area (Å²) in [6.07, 6.45) is 0.209. The number of nitrogens with one attached hydrogen (secondary N) is 1. The zero-order valence-corrected chi connectivity index (χ0v) is 16.6. The SMILES string of the molecule is CC(C)(C)[Si](C)(C)C#CC[C@@H](NC(=O)c1ccc(Cl)cc1)C(N)=O. The van der Waals surface area contributed by atoms with Crippen LogP contribution in [0, 0.1) is 11.5 Å². The molecule has 0 aliphatic heterocycles. The zero-order valence-electron chi connectivity index (χ0n) is 14.9. The Kier molecular flexibility index (Phi) is 6.64. The Morgan fingerprint density at radius 1 is 1.25 bits per heavy atom. The molecule has 6 heteroatoms. The van der Waals surface area contributed by atoms with E-state index in [1.165, 1.54) is 0 Å². The van der Waals surface area contributed by atoms with Crippen molar-refractivity contribution in [2.45, 2.75) is 51.4 Å². The average Bonchev–Trinajstić information content (AvgIpc) is 2.45. The highest BCUT2D eigenvalue weighted by molar-refractivity contribution is 6.87. The van der Waals surface area contributed by atoms with E-state index in [4.69, 9.17) is 17.3 Å². The highest BCUT2D eigenvalue weighted by Gasteiger charge is 2.33. The van der Waals surface area contributed by atoms with Gasteiger partial charge < -0.3 is 11.1 Å². The Hall–Kier alpha value is -1.77. The van der Waals surface area contributed by atoms with Crippen LogP contribution < -0.4 is 11.1 Å². The van der Waals surface area contributed by atoms with Crippen molar-refractivity contribution in [1.82, 2.24) is 5.32 Å². The fraction of sp³-hybridized carbons (Fsp3) is 0.444. The number of benzene rings is 1. The Morgan fingerprint density at radius 3 is 2.25 bits per heavy atom. The molecule has 0 aliphatic rings. The van der Waals surface area contributed by atoms with Gasteiger partial charge in [0, 0.05) is 17.0 Å². The average molecular weight is 365 g/mol. The van der Waals surface area contributed by atoms with Crippen molar-refractivity contribution >= 4 is 31.5 Å². The van der Waals surface area contributed by atoms with E-state index in [-0.39, 0.29) is 17.4 Å². The minimum absolute atomic E-state index is 0.134. The van der Waals surface area contributed by atoms with E-state index < -0.39 is 20.0 Å². The lowest BCUT2D eigenvalue weighted by molar-refractivity contribution is -0.119. The number of halogens is 1. The summed E-state index contributed by atoms with van der Waals surface area (Å²) in [6, 6.07) is 5.61. The third-order valence-electron chi connectivity index (χ3n) is 4.34. The first kappa shape index (κ1) is 20.3. The van der Waals surface area contributed by atoms with E-state index in [0.717, 1.165) is 0 Å². The first-order valence-corrected chi connectivity index (χ1v) is 11.2. The van der Waals surface area contributed by atoms with Gasteiger partial charge in [-0.15, -0.1) is 11.5 Å². The third-order valence-corrected chi connectivity index (χ3v) is 9.14. The monoisotopic (exact) mass is 364 g/mol. The lowest BCUT2D eigenvalue weighted by atomic mass is 10.1. The van der Waals surface area contributed by atoms with Gasteiger partial charge in [0.25, 0.3) is 5.91 Å². The Balaban J connectivity index is 2.81. The van der Waals surface area contributed by atoms with Crippen molar-refractivity contribution in [1.29, 1.82) is 0 Å². The van der Waals surface area contributed by atoms with Crippen LogP contribution in [0.15, 0.2) is 24.3 Å². The fourth-order valence-electron chi connectivity index (χ4n) is 1.63.